The van der Waals surface area contributed by atoms with Gasteiger partial charge < -0.3 is 29.9 Å². The van der Waals surface area contributed by atoms with E-state index in [-0.39, 0.29) is 23.5 Å². The van der Waals surface area contributed by atoms with Crippen molar-refractivity contribution >= 4 is 23.7 Å². The third kappa shape index (κ3) is 13.7. The molecule has 0 aromatic heterocycles. The molecule has 1 rings (SSSR count). The van der Waals surface area contributed by atoms with E-state index in [4.69, 9.17) is 14.6 Å². The number of ketones is 1. The van der Waals surface area contributed by atoms with Crippen LogP contribution < -0.4 is 0 Å². The van der Waals surface area contributed by atoms with Gasteiger partial charge in [-0.2, -0.15) is 0 Å². The highest BCUT2D eigenvalue weighted by Crippen LogP contribution is 2.29. The maximum absolute atomic E-state index is 13.0. The monoisotopic (exact) mass is 648 g/mol. The smallest absolute Gasteiger partial charge is 0.342 e. The number of carboxylic acid groups (broad SMARTS) is 1. The van der Waals surface area contributed by atoms with E-state index >= 15 is 0 Å². The summed E-state index contributed by atoms with van der Waals surface area (Å²) in [5, 5.41) is 40.9. The number of aliphatic carboxylic acids is 1. The van der Waals surface area contributed by atoms with Crippen LogP contribution in [-0.2, 0) is 28.7 Å². The van der Waals surface area contributed by atoms with Gasteiger partial charge in [0.05, 0.1) is 30.3 Å². The number of hydrogen-bond acceptors (Lipinski definition) is 9. The lowest BCUT2D eigenvalue weighted by Gasteiger charge is -2.28. The Bertz CT molecular complexity index is 1150. The Labute approximate surface area is 274 Å². The van der Waals surface area contributed by atoms with Gasteiger partial charge in [-0.3, -0.25) is 9.59 Å². The van der Waals surface area contributed by atoms with Gasteiger partial charge in [0.15, 0.2) is 0 Å². The predicted octanol–water partition coefficient (Wildman–Crippen LogP) is 5.60. The third-order valence-corrected chi connectivity index (χ3v) is 9.01. The van der Waals surface area contributed by atoms with E-state index in [1.807, 2.05) is 13.8 Å². The second-order valence-electron chi connectivity index (χ2n) is 12.8. The molecule has 8 atom stereocenters. The molecular formula is C36H56O10. The van der Waals surface area contributed by atoms with Crippen LogP contribution in [0, 0.1) is 23.7 Å². The van der Waals surface area contributed by atoms with Crippen molar-refractivity contribution in [1.29, 1.82) is 0 Å². The highest BCUT2D eigenvalue weighted by atomic mass is 16.5. The maximum Gasteiger partial charge on any atom is 0.342 e. The normalized spacial score (nSPS) is 19.3. The number of carbonyl (C=O) groups excluding carboxylic acids is 3. The van der Waals surface area contributed by atoms with Crippen LogP contribution in [0.5, 0.6) is 0 Å². The zero-order chi connectivity index (χ0) is 35.1. The summed E-state index contributed by atoms with van der Waals surface area (Å²) in [6.07, 6.45) is 5.28. The molecule has 10 nitrogen and oxygen atoms in total. The van der Waals surface area contributed by atoms with Crippen LogP contribution in [-0.4, -0.2) is 68.5 Å². The summed E-state index contributed by atoms with van der Waals surface area (Å²) in [6, 6.07) is 0. The molecule has 0 saturated carbocycles. The number of allylic oxidation sites excluding steroid dienone is 4. The van der Waals surface area contributed by atoms with E-state index in [0.29, 0.717) is 30.3 Å². The van der Waals surface area contributed by atoms with Crippen molar-refractivity contribution in [2.45, 2.75) is 131 Å². The fourth-order valence-corrected chi connectivity index (χ4v) is 5.90. The van der Waals surface area contributed by atoms with Crippen LogP contribution in [0.3, 0.4) is 0 Å². The molecular weight excluding hydrogens is 592 g/mol. The minimum Gasteiger partial charge on any atom is -0.478 e. The van der Waals surface area contributed by atoms with E-state index in [1.165, 1.54) is 0 Å². The van der Waals surface area contributed by atoms with Gasteiger partial charge in [0.2, 0.25) is 0 Å². The van der Waals surface area contributed by atoms with Gasteiger partial charge in [-0.25, -0.2) is 9.59 Å². The predicted molar refractivity (Wildman–Crippen MR) is 175 cm³/mol. The first kappa shape index (κ1) is 40.9. The van der Waals surface area contributed by atoms with Gasteiger partial charge in [0, 0.05) is 29.9 Å². The Morgan fingerprint density at radius 3 is 2.11 bits per heavy atom. The van der Waals surface area contributed by atoms with Crippen molar-refractivity contribution in [3.63, 3.8) is 0 Å². The first-order chi connectivity index (χ1) is 21.5. The van der Waals surface area contributed by atoms with Crippen LogP contribution in [0.4, 0.5) is 0 Å². The van der Waals surface area contributed by atoms with Crippen molar-refractivity contribution in [3.8, 4) is 0 Å². The van der Waals surface area contributed by atoms with Crippen molar-refractivity contribution in [3.05, 3.63) is 47.3 Å². The van der Waals surface area contributed by atoms with E-state index in [0.717, 1.165) is 43.8 Å². The highest BCUT2D eigenvalue weighted by Gasteiger charge is 2.35. The lowest BCUT2D eigenvalue weighted by molar-refractivity contribution is -0.155. The fourth-order valence-electron chi connectivity index (χ4n) is 5.90. The van der Waals surface area contributed by atoms with Crippen molar-refractivity contribution in [2.24, 2.45) is 23.7 Å². The molecule has 4 N–H and O–H groups in total. The molecule has 1 heterocycles. The molecule has 0 spiro atoms. The highest BCUT2D eigenvalue weighted by molar-refractivity contribution is 5.96. The summed E-state index contributed by atoms with van der Waals surface area (Å²) in [4.78, 5) is 48.2. The van der Waals surface area contributed by atoms with E-state index in [9.17, 15) is 34.5 Å². The van der Waals surface area contributed by atoms with E-state index in [2.05, 4.69) is 26.5 Å². The molecule has 46 heavy (non-hydrogen) atoms. The van der Waals surface area contributed by atoms with Crippen LogP contribution in [0.1, 0.15) is 106 Å². The number of rotatable bonds is 22. The molecule has 1 aliphatic rings. The molecule has 10 heteroatoms. The summed E-state index contributed by atoms with van der Waals surface area (Å²) in [5.41, 5.74) is 1.34. The van der Waals surface area contributed by atoms with Crippen molar-refractivity contribution in [2.75, 3.05) is 0 Å². The van der Waals surface area contributed by atoms with E-state index < -0.39 is 60.6 Å². The number of Topliss-reactive ketones (excluding diaryl/α,β-unsaturated/α-hetero) is 1. The largest absolute Gasteiger partial charge is 0.478 e. The van der Waals surface area contributed by atoms with Gasteiger partial charge in [-0.15, -0.1) is 0 Å². The molecule has 1 aliphatic heterocycles. The minimum atomic E-state index is -1.42. The number of aliphatic hydroxyl groups is 3. The number of carboxylic acids is 1. The average molecular weight is 649 g/mol. The standard InChI is InChI=1S/C36H56O10/c1-9-27(15-17-33(41)42)13-11-12-21(3)18-22(4)14-16-29(37)24(6)30(38)19-31(39)28(10-2)26(8)45-34(43)20-32(40)35-23(5)25(7)46-36(35)44/h13,15,17,21-22,24,26,28-29,31-32,37,39-40H,7,9-12,14,16,18-20H2,1-6,8H3,(H,41,42)/b17-15+,27-13+/t21-,22-,24-,26+,28+,29?,31+,32+/m0/s1. The van der Waals surface area contributed by atoms with Crippen molar-refractivity contribution in [1.82, 2.24) is 0 Å². The van der Waals surface area contributed by atoms with Gasteiger partial charge in [-0.1, -0.05) is 58.9 Å². The van der Waals surface area contributed by atoms with Crippen LogP contribution in [0.2, 0.25) is 0 Å². The number of cyclic esters (lactones) is 1. The quantitative estimate of drug-likeness (QED) is 0.0659. The molecule has 0 aromatic carbocycles. The molecule has 0 radical (unpaired) electrons. The Morgan fingerprint density at radius 1 is 0.935 bits per heavy atom. The Hall–Kier alpha value is -3.08. The van der Waals surface area contributed by atoms with Crippen LogP contribution in [0.25, 0.3) is 0 Å². The lowest BCUT2D eigenvalue weighted by atomic mass is 9.84. The SMILES string of the molecule is C=C1OC(=O)C([C@H](O)CC(=O)O[C@H](C)[C@@H](CC)[C@H](O)CC(=O)[C@@H](C)C(O)CC[C@H](C)C[C@@H](C)CC/C=C(/C=C/C(=O)O)CC)=C1C. The second kappa shape index (κ2) is 20.2. The van der Waals surface area contributed by atoms with Crippen LogP contribution >= 0.6 is 0 Å². The zero-order valence-electron chi connectivity index (χ0n) is 28.7. The number of carbonyl (C=O) groups is 4. The maximum atomic E-state index is 13.0. The van der Waals surface area contributed by atoms with Crippen LogP contribution in [0.15, 0.2) is 47.3 Å². The second-order valence-corrected chi connectivity index (χ2v) is 12.8. The minimum absolute atomic E-state index is 0.0359. The lowest BCUT2D eigenvalue weighted by Crippen LogP contribution is -2.37. The Kier molecular flexibility index (Phi) is 18.0. The molecule has 0 aromatic rings. The first-order valence-electron chi connectivity index (χ1n) is 16.5. The van der Waals surface area contributed by atoms with E-state index in [1.54, 1.807) is 26.8 Å². The fraction of sp³-hybridized carbons (Fsp3) is 0.667. The number of hydrogen-bond donors (Lipinski definition) is 4. The number of esters is 2. The average Bonchev–Trinajstić information content (AvgIpc) is 3.23. The zero-order valence-corrected chi connectivity index (χ0v) is 28.7. The molecule has 0 saturated heterocycles. The van der Waals surface area contributed by atoms with Crippen molar-refractivity contribution < 1.29 is 49.1 Å². The third-order valence-electron chi connectivity index (χ3n) is 9.01. The summed E-state index contributed by atoms with van der Waals surface area (Å²) < 4.78 is 10.3. The topological polar surface area (TPSA) is 168 Å². The molecule has 0 bridgehead atoms. The first-order valence-corrected chi connectivity index (χ1v) is 16.5. The summed E-state index contributed by atoms with van der Waals surface area (Å²) in [6.45, 7) is 16.5. The Morgan fingerprint density at radius 2 is 1.57 bits per heavy atom. The molecule has 260 valence electrons. The van der Waals surface area contributed by atoms with Gasteiger partial charge in [0.25, 0.3) is 0 Å². The molecule has 0 amide bonds. The summed E-state index contributed by atoms with van der Waals surface area (Å²) in [7, 11) is 0. The van der Waals surface area contributed by atoms with Gasteiger partial charge in [-0.05, 0) is 70.6 Å². The van der Waals surface area contributed by atoms with Gasteiger partial charge in [0.1, 0.15) is 17.6 Å². The molecule has 0 fully saturated rings. The summed E-state index contributed by atoms with van der Waals surface area (Å²) in [5.74, 6) is -3.05. The summed E-state index contributed by atoms with van der Waals surface area (Å²) >= 11 is 0. The number of aliphatic hydroxyl groups excluding tert-OH is 3. The number of ether oxygens (including phenoxy) is 2. The van der Waals surface area contributed by atoms with Gasteiger partial charge >= 0.3 is 17.9 Å². The molecule has 1 unspecified atom stereocenters. The molecule has 0 aliphatic carbocycles. The Balaban J connectivity index is 2.54.